The Balaban J connectivity index is 1.34. The maximum Gasteiger partial charge on any atom is 0.146 e. The lowest BCUT2D eigenvalue weighted by molar-refractivity contribution is 0.254. The van der Waals surface area contributed by atoms with Gasteiger partial charge in [0.25, 0.3) is 0 Å². The first-order valence-corrected chi connectivity index (χ1v) is 11.4. The Morgan fingerprint density at radius 1 is 0.906 bits per heavy atom. The summed E-state index contributed by atoms with van der Waals surface area (Å²) in [5, 5.41) is 4.88. The molecule has 3 aromatic rings. The monoisotopic (exact) mass is 438 g/mol. The van der Waals surface area contributed by atoms with Crippen LogP contribution in [0.3, 0.4) is 0 Å². The number of anilines is 1. The van der Waals surface area contributed by atoms with Crippen LogP contribution >= 0.6 is 0 Å². The van der Waals surface area contributed by atoms with Crippen LogP contribution in [-0.4, -0.2) is 47.4 Å². The minimum absolute atomic E-state index is 0.146. The topological polar surface area (TPSA) is 24.3 Å². The van der Waals surface area contributed by atoms with Gasteiger partial charge >= 0.3 is 0 Å². The standard InChI is InChI=1S/C26H32F2N4/c1-26(2,3)32-25(20-10-12-21(27)13-11-20)19-22(29-32)7-6-14-30-15-17-31(18-16-30)24-9-5-4-8-23(24)28/h4-5,8-13,19H,6-7,14-18H2,1-3H3. The molecule has 2 heterocycles. The molecule has 1 aromatic heterocycles. The summed E-state index contributed by atoms with van der Waals surface area (Å²) in [4.78, 5) is 4.57. The van der Waals surface area contributed by atoms with Gasteiger partial charge in [-0.05, 0) is 82.6 Å². The van der Waals surface area contributed by atoms with Crippen molar-refractivity contribution in [3.05, 3.63) is 71.9 Å². The summed E-state index contributed by atoms with van der Waals surface area (Å²) >= 11 is 0. The van der Waals surface area contributed by atoms with Gasteiger partial charge in [0.1, 0.15) is 11.6 Å². The molecule has 0 spiro atoms. The van der Waals surface area contributed by atoms with Gasteiger partial charge in [-0.2, -0.15) is 5.10 Å². The van der Waals surface area contributed by atoms with Gasteiger partial charge in [0, 0.05) is 31.7 Å². The molecule has 0 atom stereocenters. The van der Waals surface area contributed by atoms with Gasteiger partial charge in [0.05, 0.1) is 22.6 Å². The van der Waals surface area contributed by atoms with Gasteiger partial charge in [-0.1, -0.05) is 12.1 Å². The molecular formula is C26H32F2N4. The number of hydrogen-bond donors (Lipinski definition) is 0. The minimum Gasteiger partial charge on any atom is -0.367 e. The highest BCUT2D eigenvalue weighted by atomic mass is 19.1. The fraction of sp³-hybridized carbons (Fsp3) is 0.423. The molecule has 0 radical (unpaired) electrons. The maximum absolute atomic E-state index is 14.0. The van der Waals surface area contributed by atoms with Gasteiger partial charge in [-0.25, -0.2) is 8.78 Å². The van der Waals surface area contributed by atoms with Crippen molar-refractivity contribution in [3.8, 4) is 11.3 Å². The molecule has 1 fully saturated rings. The lowest BCUT2D eigenvalue weighted by atomic mass is 10.1. The summed E-state index contributed by atoms with van der Waals surface area (Å²) in [7, 11) is 0. The average molecular weight is 439 g/mol. The van der Waals surface area contributed by atoms with Crippen LogP contribution in [0.15, 0.2) is 54.6 Å². The van der Waals surface area contributed by atoms with Crippen molar-refractivity contribution in [2.24, 2.45) is 0 Å². The maximum atomic E-state index is 14.0. The van der Waals surface area contributed by atoms with Gasteiger partial charge in [-0.15, -0.1) is 0 Å². The molecule has 170 valence electrons. The zero-order chi connectivity index (χ0) is 22.7. The van der Waals surface area contributed by atoms with Crippen LogP contribution in [0.4, 0.5) is 14.5 Å². The smallest absolute Gasteiger partial charge is 0.146 e. The van der Waals surface area contributed by atoms with E-state index in [1.165, 1.54) is 18.2 Å². The number of piperazine rings is 1. The van der Waals surface area contributed by atoms with Crippen LogP contribution in [0.5, 0.6) is 0 Å². The Morgan fingerprint density at radius 3 is 2.25 bits per heavy atom. The van der Waals surface area contributed by atoms with E-state index in [4.69, 9.17) is 5.10 Å². The highest BCUT2D eigenvalue weighted by Gasteiger charge is 2.22. The van der Waals surface area contributed by atoms with Crippen LogP contribution in [-0.2, 0) is 12.0 Å². The van der Waals surface area contributed by atoms with Crippen LogP contribution in [0.2, 0.25) is 0 Å². The van der Waals surface area contributed by atoms with Crippen molar-refractivity contribution < 1.29 is 8.78 Å². The molecule has 4 rings (SSSR count). The number of para-hydroxylation sites is 1. The Morgan fingerprint density at radius 2 is 1.59 bits per heavy atom. The second kappa shape index (κ2) is 9.41. The lowest BCUT2D eigenvalue weighted by Crippen LogP contribution is -2.47. The van der Waals surface area contributed by atoms with Gasteiger partial charge in [0.2, 0.25) is 0 Å². The SMILES string of the molecule is CC(C)(C)n1nc(CCCN2CCN(c3ccccc3F)CC2)cc1-c1ccc(F)cc1. The molecule has 1 saturated heterocycles. The number of hydrogen-bond acceptors (Lipinski definition) is 3. The molecule has 0 amide bonds. The minimum atomic E-state index is -0.231. The van der Waals surface area contributed by atoms with Crippen molar-refractivity contribution in [3.63, 3.8) is 0 Å². The molecule has 1 aliphatic rings. The lowest BCUT2D eigenvalue weighted by Gasteiger charge is -2.36. The molecule has 0 saturated carbocycles. The van der Waals surface area contributed by atoms with E-state index < -0.39 is 0 Å². The Labute approximate surface area is 189 Å². The highest BCUT2D eigenvalue weighted by molar-refractivity contribution is 5.60. The third-order valence-corrected chi connectivity index (χ3v) is 6.01. The zero-order valence-electron chi connectivity index (χ0n) is 19.2. The molecule has 0 N–H and O–H groups in total. The van der Waals surface area contributed by atoms with Crippen LogP contribution < -0.4 is 4.90 Å². The molecular weight excluding hydrogens is 406 g/mol. The molecule has 6 heteroatoms. The van der Waals surface area contributed by atoms with Gasteiger partial charge in [0.15, 0.2) is 0 Å². The van der Waals surface area contributed by atoms with E-state index in [-0.39, 0.29) is 17.2 Å². The third-order valence-electron chi connectivity index (χ3n) is 6.01. The number of halogens is 2. The van der Waals surface area contributed by atoms with Crippen molar-refractivity contribution >= 4 is 5.69 Å². The Hall–Kier alpha value is -2.73. The van der Waals surface area contributed by atoms with Gasteiger partial charge in [-0.3, -0.25) is 9.58 Å². The second-order valence-electron chi connectivity index (χ2n) is 9.49. The van der Waals surface area contributed by atoms with Crippen molar-refractivity contribution in [1.82, 2.24) is 14.7 Å². The number of nitrogens with zero attached hydrogens (tertiary/aromatic N) is 4. The summed E-state index contributed by atoms with van der Waals surface area (Å²) in [5.74, 6) is -0.377. The Kier molecular flexibility index (Phi) is 6.60. The van der Waals surface area contributed by atoms with Crippen LogP contribution in [0, 0.1) is 11.6 Å². The predicted molar refractivity (Wildman–Crippen MR) is 126 cm³/mol. The zero-order valence-corrected chi connectivity index (χ0v) is 19.2. The van der Waals surface area contributed by atoms with Crippen LogP contribution in [0.1, 0.15) is 32.9 Å². The molecule has 2 aromatic carbocycles. The van der Waals surface area contributed by atoms with E-state index in [2.05, 4.69) is 36.6 Å². The van der Waals surface area contributed by atoms with E-state index in [0.29, 0.717) is 5.69 Å². The molecule has 0 aliphatic carbocycles. The number of benzene rings is 2. The molecule has 32 heavy (non-hydrogen) atoms. The summed E-state index contributed by atoms with van der Waals surface area (Å²) in [6, 6.07) is 15.8. The summed E-state index contributed by atoms with van der Waals surface area (Å²) in [6.45, 7) is 10.9. The summed E-state index contributed by atoms with van der Waals surface area (Å²) in [5.41, 5.74) is 3.60. The number of aryl methyl sites for hydroxylation is 1. The first-order valence-electron chi connectivity index (χ1n) is 11.4. The van der Waals surface area contributed by atoms with Crippen LogP contribution in [0.25, 0.3) is 11.3 Å². The third kappa shape index (κ3) is 5.18. The van der Waals surface area contributed by atoms with E-state index in [1.54, 1.807) is 6.07 Å². The number of aromatic nitrogens is 2. The highest BCUT2D eigenvalue weighted by Crippen LogP contribution is 2.27. The molecule has 4 nitrogen and oxygen atoms in total. The predicted octanol–water partition coefficient (Wildman–Crippen LogP) is 5.34. The van der Waals surface area contributed by atoms with Gasteiger partial charge < -0.3 is 4.90 Å². The van der Waals surface area contributed by atoms with E-state index >= 15 is 0 Å². The van der Waals surface area contributed by atoms with E-state index in [1.807, 2.05) is 28.9 Å². The first kappa shape index (κ1) is 22.5. The quantitative estimate of drug-likeness (QED) is 0.519. The van der Waals surface area contributed by atoms with E-state index in [9.17, 15) is 8.78 Å². The van der Waals surface area contributed by atoms with Crippen molar-refractivity contribution in [2.75, 3.05) is 37.6 Å². The average Bonchev–Trinajstić information content (AvgIpc) is 3.20. The molecule has 1 aliphatic heterocycles. The normalized spacial score (nSPS) is 15.3. The summed E-state index contributed by atoms with van der Waals surface area (Å²) in [6.07, 6.45) is 1.91. The number of rotatable bonds is 6. The first-order chi connectivity index (χ1) is 15.3. The fourth-order valence-electron chi connectivity index (χ4n) is 4.29. The molecule has 0 unspecified atom stereocenters. The van der Waals surface area contributed by atoms with Crippen molar-refractivity contribution in [2.45, 2.75) is 39.2 Å². The van der Waals surface area contributed by atoms with E-state index in [0.717, 1.165) is 62.5 Å². The molecule has 0 bridgehead atoms. The fourth-order valence-corrected chi connectivity index (χ4v) is 4.29. The Bertz CT molecular complexity index is 1030. The second-order valence-corrected chi connectivity index (χ2v) is 9.49. The summed E-state index contributed by atoms with van der Waals surface area (Å²) < 4.78 is 29.5. The van der Waals surface area contributed by atoms with Crippen molar-refractivity contribution in [1.29, 1.82) is 0 Å². The largest absolute Gasteiger partial charge is 0.367 e.